The van der Waals surface area contributed by atoms with Crippen molar-refractivity contribution in [2.24, 2.45) is 5.73 Å². The molecule has 0 aliphatic rings. The second kappa shape index (κ2) is 34.3. The van der Waals surface area contributed by atoms with Crippen molar-refractivity contribution in [2.75, 3.05) is 11.1 Å². The van der Waals surface area contributed by atoms with Gasteiger partial charge in [-0.1, -0.05) is 155 Å². The first kappa shape index (κ1) is 56.0. The van der Waals surface area contributed by atoms with Crippen LogP contribution in [0.3, 0.4) is 0 Å². The molecule has 0 radical (unpaired) electrons. The number of aromatic nitrogens is 4. The van der Waals surface area contributed by atoms with E-state index in [1.54, 1.807) is 12.1 Å². The van der Waals surface area contributed by atoms with E-state index in [1.165, 1.54) is 153 Å². The van der Waals surface area contributed by atoms with E-state index in [1.807, 2.05) is 0 Å². The van der Waals surface area contributed by atoms with Gasteiger partial charge in [0.15, 0.2) is 11.2 Å². The lowest BCUT2D eigenvalue weighted by molar-refractivity contribution is -0.140. The first-order chi connectivity index (χ1) is 31.3. The molecule has 9 N–H and O–H groups in total. The van der Waals surface area contributed by atoms with Crippen LogP contribution >= 0.6 is 0 Å². The summed E-state index contributed by atoms with van der Waals surface area (Å²) < 4.78 is 6.01. The number of unbranched alkanes of at least 4 members (excludes halogenated alkanes) is 20. The molecule has 364 valence electrons. The van der Waals surface area contributed by atoms with Crippen LogP contribution in [0.15, 0.2) is 35.3 Å². The number of anilines is 2. The monoisotopic (exact) mass is 909 g/mol. The van der Waals surface area contributed by atoms with Gasteiger partial charge in [-0.3, -0.25) is 24.2 Å². The molecular weight excluding hydrogens is 829 g/mol. The maximum atomic E-state index is 12.3. The Balaban J connectivity index is 0.000000447. The third kappa shape index (κ3) is 25.8. The molecule has 2 heterocycles. The van der Waals surface area contributed by atoms with Gasteiger partial charge in [0.05, 0.1) is 24.5 Å². The number of primary amides is 1. The van der Waals surface area contributed by atoms with E-state index in [4.69, 9.17) is 26.4 Å². The summed E-state index contributed by atoms with van der Waals surface area (Å²) in [6.45, 7) is 6.88. The van der Waals surface area contributed by atoms with Crippen LogP contribution in [-0.2, 0) is 25.7 Å². The number of aromatic amines is 1. The number of fused-ring (bicyclic) bond motifs is 1. The van der Waals surface area contributed by atoms with Gasteiger partial charge in [-0.2, -0.15) is 4.98 Å². The van der Waals surface area contributed by atoms with Gasteiger partial charge in [0.2, 0.25) is 11.9 Å². The molecular formula is C49H80N8O8. The fourth-order valence-electron chi connectivity index (χ4n) is 7.47. The number of ether oxygens (including phenoxy) is 1. The number of H-pyrrole nitrogens is 1. The Morgan fingerprint density at radius 2 is 1.23 bits per heavy atom. The number of carboxylic acids is 2. The number of carboxylic acid groups (broad SMARTS) is 2. The van der Waals surface area contributed by atoms with Crippen LogP contribution in [-0.4, -0.2) is 72.2 Å². The number of benzene rings is 1. The Morgan fingerprint density at radius 3 is 1.72 bits per heavy atom. The number of nitrogens with zero attached hydrogens (tertiary/aromatic N) is 3. The topological polar surface area (TPSA) is 266 Å². The van der Waals surface area contributed by atoms with Crippen LogP contribution in [0.4, 0.5) is 11.6 Å². The molecule has 65 heavy (non-hydrogen) atoms. The fourth-order valence-corrected chi connectivity index (χ4v) is 7.47. The highest BCUT2D eigenvalue weighted by molar-refractivity contribution is 5.97. The van der Waals surface area contributed by atoms with Crippen LogP contribution < -0.4 is 27.7 Å². The zero-order chi connectivity index (χ0) is 47.7. The minimum atomic E-state index is -1.31. The molecule has 0 saturated heterocycles. The molecule has 0 spiro atoms. The minimum Gasteiger partial charge on any atom is -0.481 e. The highest BCUT2D eigenvalue weighted by atomic mass is 16.5. The van der Waals surface area contributed by atoms with E-state index in [9.17, 15) is 24.0 Å². The SMILES string of the molecule is CCCCCCCCCCCCCCCCC(OC(C)CCCCCCCCCC)C(N)=O.Nc1nc2ncc(CNc3ccc(C(=O)N[C@@H](CCC(=O)O)C(=O)O)cc3)nc2c(=O)[nH]1. The number of rotatable bonds is 36. The summed E-state index contributed by atoms with van der Waals surface area (Å²) in [5.41, 5.74) is 12.1. The molecule has 1 aromatic carbocycles. The van der Waals surface area contributed by atoms with E-state index in [-0.39, 0.29) is 54.1 Å². The summed E-state index contributed by atoms with van der Waals surface area (Å²) in [6.07, 6.45) is 31.9. The maximum absolute atomic E-state index is 12.3. The van der Waals surface area contributed by atoms with Crippen molar-refractivity contribution < 1.29 is 34.1 Å². The van der Waals surface area contributed by atoms with Gasteiger partial charge >= 0.3 is 11.9 Å². The normalized spacial score (nSPS) is 12.5. The standard InChI is InChI=1S/C30H61NO2.C19H19N7O6/c1-4-6-8-10-12-14-15-16-17-18-19-21-23-25-27-29(30(31)32)33-28(3)26-24-22-20-13-11-9-7-5-2;20-19-25-15-14(17(30)26-19)23-11(8-22-15)7-21-10-3-1-9(2-4-10)16(29)24-12(18(31)32)5-6-13(27)28/h28-29H,4-27H2,1-3H3,(H2,31,32);1-4,8,12,21H,5-7H2,(H,24,29)(H,27,28)(H,31,32)(H3,20,22,25,26,30)/t;12-/m.0/s1. The smallest absolute Gasteiger partial charge is 0.326 e. The van der Waals surface area contributed by atoms with Crippen molar-refractivity contribution >= 4 is 46.6 Å². The van der Waals surface area contributed by atoms with Gasteiger partial charge in [0.25, 0.3) is 11.5 Å². The maximum Gasteiger partial charge on any atom is 0.326 e. The van der Waals surface area contributed by atoms with E-state index >= 15 is 0 Å². The van der Waals surface area contributed by atoms with E-state index in [2.05, 4.69) is 51.3 Å². The van der Waals surface area contributed by atoms with Crippen molar-refractivity contribution in [2.45, 2.75) is 213 Å². The van der Waals surface area contributed by atoms with Gasteiger partial charge in [-0.15, -0.1) is 0 Å². The molecule has 0 saturated carbocycles. The average Bonchev–Trinajstić information content (AvgIpc) is 3.27. The number of nitrogens with two attached hydrogens (primary N) is 2. The quantitative estimate of drug-likeness (QED) is 0.0268. The largest absolute Gasteiger partial charge is 0.481 e. The Kier molecular flexibility index (Phi) is 29.5. The van der Waals surface area contributed by atoms with E-state index < -0.39 is 35.6 Å². The van der Waals surface area contributed by atoms with Gasteiger partial charge in [0, 0.05) is 17.7 Å². The van der Waals surface area contributed by atoms with Crippen molar-refractivity contribution in [3.8, 4) is 0 Å². The third-order valence-electron chi connectivity index (χ3n) is 11.4. The number of carbonyl (C=O) groups is 4. The number of nitrogen functional groups attached to an aromatic ring is 1. The van der Waals surface area contributed by atoms with Crippen molar-refractivity contribution in [3.05, 3.63) is 52.1 Å². The summed E-state index contributed by atoms with van der Waals surface area (Å²) in [5.74, 6) is -3.44. The molecule has 2 amide bonds. The Bertz CT molecular complexity index is 1860. The van der Waals surface area contributed by atoms with Gasteiger partial charge in [0.1, 0.15) is 12.1 Å². The Morgan fingerprint density at radius 1 is 0.723 bits per heavy atom. The van der Waals surface area contributed by atoms with Gasteiger partial charge < -0.3 is 37.1 Å². The lowest BCUT2D eigenvalue weighted by atomic mass is 10.0. The van der Waals surface area contributed by atoms with Crippen LogP contribution in [0, 0.1) is 0 Å². The van der Waals surface area contributed by atoms with Crippen molar-refractivity contribution in [1.29, 1.82) is 0 Å². The number of carbonyl (C=O) groups excluding carboxylic acids is 2. The predicted molar refractivity (Wildman–Crippen MR) is 258 cm³/mol. The second-order valence-electron chi connectivity index (χ2n) is 17.2. The second-order valence-corrected chi connectivity index (χ2v) is 17.2. The minimum absolute atomic E-state index is 0.0524. The van der Waals surface area contributed by atoms with Gasteiger partial charge in [-0.05, 0) is 50.5 Å². The average molecular weight is 909 g/mol. The van der Waals surface area contributed by atoms with Crippen molar-refractivity contribution in [3.63, 3.8) is 0 Å². The summed E-state index contributed by atoms with van der Waals surface area (Å²) in [4.78, 5) is 72.4. The van der Waals surface area contributed by atoms with Crippen LogP contribution in [0.25, 0.3) is 11.2 Å². The predicted octanol–water partition coefficient (Wildman–Crippen LogP) is 9.60. The molecule has 3 aromatic rings. The van der Waals surface area contributed by atoms with Crippen LogP contribution in [0.1, 0.15) is 204 Å². The summed E-state index contributed by atoms with van der Waals surface area (Å²) in [7, 11) is 0. The number of hydrogen-bond donors (Lipinski definition) is 7. The highest BCUT2D eigenvalue weighted by Gasteiger charge is 2.22. The van der Waals surface area contributed by atoms with Crippen LogP contribution in [0.2, 0.25) is 0 Å². The molecule has 2 aromatic heterocycles. The molecule has 2 unspecified atom stereocenters. The molecule has 3 rings (SSSR count). The van der Waals surface area contributed by atoms with Crippen molar-refractivity contribution in [1.82, 2.24) is 25.3 Å². The number of hydrogen-bond acceptors (Lipinski definition) is 11. The molecule has 0 aliphatic carbocycles. The van der Waals surface area contributed by atoms with Gasteiger partial charge in [-0.25, -0.2) is 14.8 Å². The molecule has 0 fully saturated rings. The summed E-state index contributed by atoms with van der Waals surface area (Å²) in [6, 6.07) is 4.86. The molecule has 16 heteroatoms. The lowest BCUT2D eigenvalue weighted by Crippen LogP contribution is -2.41. The number of amides is 2. The zero-order valence-electron chi connectivity index (χ0n) is 39.6. The zero-order valence-corrected chi connectivity index (χ0v) is 39.6. The summed E-state index contributed by atoms with van der Waals surface area (Å²) >= 11 is 0. The first-order valence-corrected chi connectivity index (χ1v) is 24.4. The van der Waals surface area contributed by atoms with E-state index in [0.29, 0.717) is 11.4 Å². The lowest BCUT2D eigenvalue weighted by Gasteiger charge is -2.20. The highest BCUT2D eigenvalue weighted by Crippen LogP contribution is 2.18. The summed E-state index contributed by atoms with van der Waals surface area (Å²) in [5, 5.41) is 23.2. The Hall–Kier alpha value is -5.12. The number of nitrogens with one attached hydrogen (secondary N) is 3. The third-order valence-corrected chi connectivity index (χ3v) is 11.4. The first-order valence-electron chi connectivity index (χ1n) is 24.4. The molecule has 0 bridgehead atoms. The van der Waals surface area contributed by atoms with Crippen LogP contribution in [0.5, 0.6) is 0 Å². The Labute approximate surface area is 386 Å². The fraction of sp³-hybridized carbons (Fsp3) is 0.673. The number of aliphatic carboxylic acids is 2. The molecule has 3 atom stereocenters. The molecule has 16 nitrogen and oxygen atoms in total. The van der Waals surface area contributed by atoms with E-state index in [0.717, 1.165) is 19.3 Å². The molecule has 0 aliphatic heterocycles.